The summed E-state index contributed by atoms with van der Waals surface area (Å²) in [6.07, 6.45) is 1.73. The Hall–Kier alpha value is -2.51. The zero-order valence-corrected chi connectivity index (χ0v) is 17.3. The fraction of sp³-hybridized carbons (Fsp3) is 0.333. The van der Waals surface area contributed by atoms with E-state index in [1.807, 2.05) is 52.0 Å². The number of nitrogens with one attached hydrogen (secondary N) is 1. The number of rotatable bonds is 7. The summed E-state index contributed by atoms with van der Waals surface area (Å²) in [7, 11) is -3.67. The summed E-state index contributed by atoms with van der Waals surface area (Å²) < 4.78 is 34.0. The predicted molar refractivity (Wildman–Crippen MR) is 110 cm³/mol. The van der Waals surface area contributed by atoms with E-state index in [0.717, 1.165) is 22.4 Å². The summed E-state index contributed by atoms with van der Waals surface area (Å²) >= 11 is 0. The third-order valence-electron chi connectivity index (χ3n) is 4.45. The largest absolute Gasteiger partial charge is 0.491 e. The molecule has 0 atom stereocenters. The lowest BCUT2D eigenvalue weighted by atomic mass is 9.97. The Balaban J connectivity index is 1.76. The van der Waals surface area contributed by atoms with Crippen LogP contribution in [0.1, 0.15) is 27.7 Å². The maximum atomic E-state index is 12.8. The molecule has 0 saturated heterocycles. The highest BCUT2D eigenvalue weighted by Gasteiger charge is 2.30. The lowest BCUT2D eigenvalue weighted by Gasteiger charge is -2.26. The van der Waals surface area contributed by atoms with Crippen molar-refractivity contribution in [3.63, 3.8) is 0 Å². The summed E-state index contributed by atoms with van der Waals surface area (Å²) in [6, 6.07) is 14.6. The van der Waals surface area contributed by atoms with E-state index in [-0.39, 0.29) is 11.0 Å². The van der Waals surface area contributed by atoms with Gasteiger partial charge in [-0.25, -0.2) is 13.1 Å². The van der Waals surface area contributed by atoms with Crippen LogP contribution >= 0.6 is 0 Å². The third-order valence-corrected chi connectivity index (χ3v) is 6.12. The molecule has 28 heavy (non-hydrogen) atoms. The molecule has 0 saturated carbocycles. The van der Waals surface area contributed by atoms with Crippen LogP contribution in [-0.2, 0) is 10.0 Å². The normalized spacial score (nSPS) is 14.4. The van der Waals surface area contributed by atoms with E-state index in [1.165, 1.54) is 0 Å². The average Bonchev–Trinajstić information content (AvgIpc) is 3.17. The minimum atomic E-state index is -3.67. The zero-order valence-electron chi connectivity index (χ0n) is 16.5. The van der Waals surface area contributed by atoms with E-state index in [1.54, 1.807) is 30.5 Å². The first kappa shape index (κ1) is 20.2. The third kappa shape index (κ3) is 4.66. The van der Waals surface area contributed by atoms with E-state index in [9.17, 15) is 8.42 Å². The average molecular weight is 400 g/mol. The van der Waals surface area contributed by atoms with Crippen molar-refractivity contribution < 1.29 is 13.2 Å². The summed E-state index contributed by atoms with van der Waals surface area (Å²) in [5.41, 5.74) is 2.00. The van der Waals surface area contributed by atoms with Crippen LogP contribution in [0.15, 0.2) is 75.4 Å². The van der Waals surface area contributed by atoms with Crippen LogP contribution in [0.25, 0.3) is 11.1 Å². The number of ether oxygens (including phenoxy) is 1. The Morgan fingerprint density at radius 3 is 2.07 bits per heavy atom. The number of hydrogen-bond acceptors (Lipinski definition) is 5. The highest BCUT2D eigenvalue weighted by atomic mass is 32.2. The van der Waals surface area contributed by atoms with Gasteiger partial charge >= 0.3 is 0 Å². The molecule has 0 amide bonds. The van der Waals surface area contributed by atoms with Gasteiger partial charge in [0.05, 0.1) is 29.3 Å². The molecule has 0 spiro atoms. The van der Waals surface area contributed by atoms with Crippen molar-refractivity contribution in [2.24, 2.45) is 10.2 Å². The fourth-order valence-electron chi connectivity index (χ4n) is 2.91. The molecule has 148 valence electrons. The van der Waals surface area contributed by atoms with Gasteiger partial charge in [0.1, 0.15) is 5.75 Å². The van der Waals surface area contributed by atoms with E-state index >= 15 is 0 Å². The Labute approximate surface area is 166 Å². The molecule has 1 N–H and O–H groups in total. The van der Waals surface area contributed by atoms with Crippen molar-refractivity contribution in [1.82, 2.24) is 4.72 Å². The number of benzene rings is 2. The monoisotopic (exact) mass is 399 g/mol. The molecule has 0 aliphatic carbocycles. The minimum absolute atomic E-state index is 0.120. The van der Waals surface area contributed by atoms with Crippen molar-refractivity contribution in [3.8, 4) is 16.9 Å². The fourth-order valence-corrected chi connectivity index (χ4v) is 4.33. The van der Waals surface area contributed by atoms with E-state index < -0.39 is 15.6 Å². The van der Waals surface area contributed by atoms with Gasteiger partial charge in [-0.3, -0.25) is 0 Å². The molecule has 7 heteroatoms. The molecule has 0 fully saturated rings. The van der Waals surface area contributed by atoms with Gasteiger partial charge in [0.25, 0.3) is 0 Å². The van der Waals surface area contributed by atoms with Crippen LogP contribution in [0.2, 0.25) is 0 Å². The first-order chi connectivity index (χ1) is 13.2. The quantitative estimate of drug-likeness (QED) is 0.742. The predicted octanol–water partition coefficient (Wildman–Crippen LogP) is 4.55. The molecule has 1 aliphatic rings. The van der Waals surface area contributed by atoms with Crippen LogP contribution in [0, 0.1) is 0 Å². The van der Waals surface area contributed by atoms with Gasteiger partial charge in [0.2, 0.25) is 10.0 Å². The molecule has 2 aromatic carbocycles. The van der Waals surface area contributed by atoms with Gasteiger partial charge in [-0.2, -0.15) is 10.2 Å². The Morgan fingerprint density at radius 2 is 1.57 bits per heavy atom. The standard InChI is InChI=1S/C21H25N3O3S/c1-15(2)27-19-9-5-16(6-10-19)17-7-11-20(12-8-17)28(25,26)24-21(3,4)18-13-22-23-14-18/h5-13,15,24H,14H2,1-4H3. The second-order valence-electron chi connectivity index (χ2n) is 7.52. The molecule has 0 unspecified atom stereocenters. The minimum Gasteiger partial charge on any atom is -0.491 e. The highest BCUT2D eigenvalue weighted by Crippen LogP contribution is 2.26. The van der Waals surface area contributed by atoms with Gasteiger partial charge < -0.3 is 4.74 Å². The van der Waals surface area contributed by atoms with Crippen molar-refractivity contribution >= 4 is 10.0 Å². The molecule has 3 rings (SSSR count). The Bertz CT molecular complexity index is 990. The first-order valence-corrected chi connectivity index (χ1v) is 10.6. The second-order valence-corrected chi connectivity index (χ2v) is 9.20. The van der Waals surface area contributed by atoms with Crippen molar-refractivity contribution in [2.75, 3.05) is 6.54 Å². The van der Waals surface area contributed by atoms with E-state index in [4.69, 9.17) is 4.74 Å². The van der Waals surface area contributed by atoms with Crippen molar-refractivity contribution in [1.29, 1.82) is 0 Å². The number of hydrogen-bond donors (Lipinski definition) is 1. The Kier molecular flexibility index (Phi) is 5.67. The van der Waals surface area contributed by atoms with Gasteiger partial charge in [-0.05, 0) is 68.7 Å². The summed E-state index contributed by atoms with van der Waals surface area (Å²) in [6.45, 7) is 7.99. The maximum Gasteiger partial charge on any atom is 0.241 e. The molecular formula is C21H25N3O3S. The molecule has 1 heterocycles. The van der Waals surface area contributed by atoms with Gasteiger partial charge in [-0.1, -0.05) is 24.3 Å². The van der Waals surface area contributed by atoms with Gasteiger partial charge in [-0.15, -0.1) is 0 Å². The van der Waals surface area contributed by atoms with Crippen molar-refractivity contribution in [2.45, 2.75) is 44.2 Å². The SMILES string of the molecule is CC(C)Oc1ccc(-c2ccc(S(=O)(=O)NC(C)(C)C3=CN=NC3)cc2)cc1. The second kappa shape index (κ2) is 7.85. The maximum absolute atomic E-state index is 12.8. The first-order valence-electron chi connectivity index (χ1n) is 9.15. The van der Waals surface area contributed by atoms with Crippen LogP contribution in [0.5, 0.6) is 5.75 Å². The zero-order chi connectivity index (χ0) is 20.4. The number of nitrogens with zero attached hydrogens (tertiary/aromatic N) is 2. The lowest BCUT2D eigenvalue weighted by molar-refractivity contribution is 0.242. The van der Waals surface area contributed by atoms with Crippen molar-refractivity contribution in [3.05, 3.63) is 60.3 Å². The summed E-state index contributed by atoms with van der Waals surface area (Å²) in [4.78, 5) is 0.219. The van der Waals surface area contributed by atoms with Crippen LogP contribution in [-0.4, -0.2) is 26.6 Å². The number of sulfonamides is 1. The lowest BCUT2D eigenvalue weighted by Crippen LogP contribution is -2.45. The topological polar surface area (TPSA) is 80.1 Å². The highest BCUT2D eigenvalue weighted by molar-refractivity contribution is 7.89. The Morgan fingerprint density at radius 1 is 1.00 bits per heavy atom. The van der Waals surface area contributed by atoms with Crippen LogP contribution in [0.3, 0.4) is 0 Å². The molecular weight excluding hydrogens is 374 g/mol. The molecule has 6 nitrogen and oxygen atoms in total. The van der Waals surface area contributed by atoms with E-state index in [2.05, 4.69) is 15.0 Å². The molecule has 0 bridgehead atoms. The van der Waals surface area contributed by atoms with E-state index in [0.29, 0.717) is 6.54 Å². The van der Waals surface area contributed by atoms with Gasteiger partial charge in [0.15, 0.2) is 0 Å². The molecule has 0 aromatic heterocycles. The van der Waals surface area contributed by atoms with Gasteiger partial charge in [0, 0.05) is 0 Å². The summed E-state index contributed by atoms with van der Waals surface area (Å²) in [5, 5.41) is 7.71. The molecule has 2 aromatic rings. The number of azo groups is 1. The van der Waals surface area contributed by atoms with Crippen LogP contribution < -0.4 is 9.46 Å². The summed E-state index contributed by atoms with van der Waals surface area (Å²) in [5.74, 6) is 0.809. The molecule has 1 aliphatic heterocycles. The molecule has 0 radical (unpaired) electrons. The van der Waals surface area contributed by atoms with Crippen LogP contribution in [0.4, 0.5) is 0 Å². The smallest absolute Gasteiger partial charge is 0.241 e.